The van der Waals surface area contributed by atoms with Crippen LogP contribution in [0.5, 0.6) is 5.75 Å². The average molecular weight is 288 g/mol. The van der Waals surface area contributed by atoms with Crippen LogP contribution in [0.25, 0.3) is 0 Å². The molecule has 5 nitrogen and oxygen atoms in total. The Labute approximate surface area is 122 Å². The van der Waals surface area contributed by atoms with Gasteiger partial charge < -0.3 is 10.5 Å². The fraction of sp³-hybridized carbons (Fsp3) is 0.214. The Morgan fingerprint density at radius 3 is 2.85 bits per heavy atom. The molecule has 3 N–H and O–H groups in total. The molecule has 1 heterocycles. The van der Waals surface area contributed by atoms with Crippen molar-refractivity contribution in [2.45, 2.75) is 17.8 Å². The number of hydrogen-bond acceptors (Lipinski definition) is 5. The van der Waals surface area contributed by atoms with Crippen LogP contribution in [0.3, 0.4) is 0 Å². The van der Waals surface area contributed by atoms with Gasteiger partial charge in [0.15, 0.2) is 5.16 Å². The zero-order valence-electron chi connectivity index (χ0n) is 11.4. The van der Waals surface area contributed by atoms with Crippen LogP contribution in [0.1, 0.15) is 16.8 Å². The second kappa shape index (κ2) is 6.38. The number of nitrogen functional groups attached to an aromatic ring is 1. The lowest BCUT2D eigenvalue weighted by Crippen LogP contribution is -2.12. The van der Waals surface area contributed by atoms with E-state index < -0.39 is 0 Å². The maximum absolute atomic E-state index is 7.48. The monoisotopic (exact) mass is 288 g/mol. The second-order valence-electron chi connectivity index (χ2n) is 4.22. The van der Waals surface area contributed by atoms with Crippen LogP contribution in [0.2, 0.25) is 0 Å². The Kier molecular flexibility index (Phi) is 4.57. The molecule has 0 fully saturated rings. The SMILES string of the molecule is COc1cc(CSc2nccc(C)n2)ccc1C(=N)N. The number of benzene rings is 1. The van der Waals surface area contributed by atoms with E-state index in [9.17, 15) is 0 Å². The molecule has 0 aliphatic carbocycles. The van der Waals surface area contributed by atoms with Crippen molar-refractivity contribution in [2.24, 2.45) is 5.73 Å². The van der Waals surface area contributed by atoms with Crippen LogP contribution in [0, 0.1) is 12.3 Å². The Morgan fingerprint density at radius 2 is 2.20 bits per heavy atom. The third kappa shape index (κ3) is 3.48. The van der Waals surface area contributed by atoms with Crippen molar-refractivity contribution < 1.29 is 4.74 Å². The molecule has 0 saturated carbocycles. The predicted octanol–water partition coefficient (Wildman–Crippen LogP) is 2.37. The molecule has 0 amide bonds. The van der Waals surface area contributed by atoms with Gasteiger partial charge in [-0.2, -0.15) is 0 Å². The standard InChI is InChI=1S/C14H16N4OS/c1-9-5-6-17-14(18-9)20-8-10-3-4-11(13(15)16)12(7-10)19-2/h3-7H,8H2,1-2H3,(H3,15,16). The van der Waals surface area contributed by atoms with E-state index in [1.54, 1.807) is 31.1 Å². The van der Waals surface area contributed by atoms with E-state index >= 15 is 0 Å². The highest BCUT2D eigenvalue weighted by Gasteiger charge is 2.08. The summed E-state index contributed by atoms with van der Waals surface area (Å²) in [7, 11) is 1.57. The Balaban J connectivity index is 2.12. The van der Waals surface area contributed by atoms with E-state index in [-0.39, 0.29) is 5.84 Å². The average Bonchev–Trinajstić information content (AvgIpc) is 2.44. The number of rotatable bonds is 5. The number of nitrogens with two attached hydrogens (primary N) is 1. The zero-order valence-corrected chi connectivity index (χ0v) is 12.2. The maximum atomic E-state index is 7.48. The van der Waals surface area contributed by atoms with Gasteiger partial charge in [-0.25, -0.2) is 9.97 Å². The van der Waals surface area contributed by atoms with Crippen molar-refractivity contribution in [2.75, 3.05) is 7.11 Å². The molecular weight excluding hydrogens is 272 g/mol. The van der Waals surface area contributed by atoms with Crippen molar-refractivity contribution >= 4 is 17.6 Å². The Morgan fingerprint density at radius 1 is 1.40 bits per heavy atom. The normalized spacial score (nSPS) is 10.3. The number of ether oxygens (including phenoxy) is 1. The third-order valence-corrected chi connectivity index (χ3v) is 3.63. The first-order valence-corrected chi connectivity index (χ1v) is 7.02. The summed E-state index contributed by atoms with van der Waals surface area (Å²) >= 11 is 1.56. The molecule has 0 radical (unpaired) electrons. The minimum atomic E-state index is 0.00284. The highest BCUT2D eigenvalue weighted by Crippen LogP contribution is 2.24. The molecule has 2 aromatic rings. The van der Waals surface area contributed by atoms with Crippen molar-refractivity contribution in [3.63, 3.8) is 0 Å². The summed E-state index contributed by atoms with van der Waals surface area (Å²) in [5.41, 5.74) is 8.13. The van der Waals surface area contributed by atoms with Crippen LogP contribution >= 0.6 is 11.8 Å². The number of hydrogen-bond donors (Lipinski definition) is 2. The summed E-state index contributed by atoms with van der Waals surface area (Å²) < 4.78 is 5.26. The van der Waals surface area contributed by atoms with Gasteiger partial charge >= 0.3 is 0 Å². The molecule has 0 unspecified atom stereocenters. The molecule has 0 aliphatic rings. The van der Waals surface area contributed by atoms with Crippen LogP contribution in [-0.4, -0.2) is 22.9 Å². The van der Waals surface area contributed by atoms with E-state index in [1.807, 2.05) is 25.1 Å². The fourth-order valence-corrected chi connectivity index (χ4v) is 2.51. The van der Waals surface area contributed by atoms with Crippen molar-refractivity contribution in [1.29, 1.82) is 5.41 Å². The van der Waals surface area contributed by atoms with E-state index in [0.29, 0.717) is 11.3 Å². The van der Waals surface area contributed by atoms with E-state index in [2.05, 4.69) is 9.97 Å². The summed E-state index contributed by atoms with van der Waals surface area (Å²) in [6, 6.07) is 7.49. The molecule has 0 spiro atoms. The number of amidine groups is 1. The van der Waals surface area contributed by atoms with Gasteiger partial charge in [0.25, 0.3) is 0 Å². The smallest absolute Gasteiger partial charge is 0.188 e. The van der Waals surface area contributed by atoms with Crippen molar-refractivity contribution in [3.05, 3.63) is 47.3 Å². The molecule has 2 rings (SSSR count). The number of nitrogens with zero attached hydrogens (tertiary/aromatic N) is 2. The zero-order chi connectivity index (χ0) is 14.5. The lowest BCUT2D eigenvalue weighted by atomic mass is 10.1. The molecule has 6 heteroatoms. The van der Waals surface area contributed by atoms with Crippen LogP contribution in [-0.2, 0) is 5.75 Å². The van der Waals surface area contributed by atoms with E-state index in [1.165, 1.54) is 0 Å². The van der Waals surface area contributed by atoms with Gasteiger partial charge in [0.1, 0.15) is 11.6 Å². The minimum Gasteiger partial charge on any atom is -0.496 e. The lowest BCUT2D eigenvalue weighted by molar-refractivity contribution is 0.413. The van der Waals surface area contributed by atoms with E-state index in [0.717, 1.165) is 22.2 Å². The Hall–Kier alpha value is -2.08. The molecular formula is C14H16N4OS. The van der Waals surface area contributed by atoms with Crippen LogP contribution < -0.4 is 10.5 Å². The number of aromatic nitrogens is 2. The summed E-state index contributed by atoms with van der Waals surface area (Å²) in [5.74, 6) is 1.35. The summed E-state index contributed by atoms with van der Waals surface area (Å²) in [5, 5.41) is 8.23. The molecule has 0 bridgehead atoms. The quantitative estimate of drug-likeness (QED) is 0.382. The summed E-state index contributed by atoms with van der Waals surface area (Å²) in [6.45, 7) is 1.94. The molecule has 0 aliphatic heterocycles. The maximum Gasteiger partial charge on any atom is 0.188 e. The third-order valence-electron chi connectivity index (χ3n) is 2.70. The first-order valence-electron chi connectivity index (χ1n) is 6.04. The van der Waals surface area contributed by atoms with Gasteiger partial charge in [0.05, 0.1) is 12.7 Å². The number of methoxy groups -OCH3 is 1. The number of nitrogens with one attached hydrogen (secondary N) is 1. The highest BCUT2D eigenvalue weighted by molar-refractivity contribution is 7.98. The largest absolute Gasteiger partial charge is 0.496 e. The molecule has 104 valence electrons. The summed E-state index contributed by atoms with van der Waals surface area (Å²) in [6.07, 6.45) is 1.75. The van der Waals surface area contributed by atoms with Gasteiger partial charge in [0, 0.05) is 17.6 Å². The lowest BCUT2D eigenvalue weighted by Gasteiger charge is -2.09. The first kappa shape index (κ1) is 14.3. The summed E-state index contributed by atoms with van der Waals surface area (Å²) in [4.78, 5) is 8.55. The van der Waals surface area contributed by atoms with Gasteiger partial charge in [-0.15, -0.1) is 0 Å². The molecule has 20 heavy (non-hydrogen) atoms. The molecule has 0 atom stereocenters. The molecule has 0 saturated heterocycles. The second-order valence-corrected chi connectivity index (χ2v) is 5.16. The topological polar surface area (TPSA) is 84.9 Å². The van der Waals surface area contributed by atoms with E-state index in [4.69, 9.17) is 15.9 Å². The van der Waals surface area contributed by atoms with Crippen LogP contribution in [0.15, 0.2) is 35.6 Å². The van der Waals surface area contributed by atoms with Crippen molar-refractivity contribution in [3.8, 4) is 5.75 Å². The van der Waals surface area contributed by atoms with Crippen LogP contribution in [0.4, 0.5) is 0 Å². The van der Waals surface area contributed by atoms with Gasteiger partial charge in [-0.1, -0.05) is 17.8 Å². The van der Waals surface area contributed by atoms with Gasteiger partial charge in [-0.3, -0.25) is 5.41 Å². The minimum absolute atomic E-state index is 0.00284. The van der Waals surface area contributed by atoms with Crippen molar-refractivity contribution in [1.82, 2.24) is 9.97 Å². The number of thioether (sulfide) groups is 1. The highest BCUT2D eigenvalue weighted by atomic mass is 32.2. The number of aryl methyl sites for hydroxylation is 1. The van der Waals surface area contributed by atoms with Gasteiger partial charge in [0.2, 0.25) is 0 Å². The van der Waals surface area contributed by atoms with Gasteiger partial charge in [-0.05, 0) is 30.7 Å². The molecule has 1 aromatic heterocycles. The fourth-order valence-electron chi connectivity index (χ4n) is 1.69. The Bertz CT molecular complexity index is 630. The predicted molar refractivity (Wildman–Crippen MR) is 80.3 cm³/mol. The first-order chi connectivity index (χ1) is 9.60. The molecule has 1 aromatic carbocycles.